The lowest BCUT2D eigenvalue weighted by atomic mass is 10.2. The number of imide groups is 1. The van der Waals surface area contributed by atoms with Crippen molar-refractivity contribution in [1.29, 1.82) is 0 Å². The molecule has 0 spiro atoms. The van der Waals surface area contributed by atoms with E-state index in [2.05, 4.69) is 10.3 Å². The van der Waals surface area contributed by atoms with Gasteiger partial charge >= 0.3 is 0 Å². The highest BCUT2D eigenvalue weighted by molar-refractivity contribution is 6.41. The monoisotopic (exact) mass is 289 g/mol. The van der Waals surface area contributed by atoms with Crippen LogP contribution in [0.15, 0.2) is 6.07 Å². The van der Waals surface area contributed by atoms with E-state index < -0.39 is 23.8 Å². The molecule has 0 radical (unpaired) electrons. The molecule has 2 N–H and O–H groups in total. The Morgan fingerprint density at radius 1 is 1.44 bits per heavy atom. The molecule has 2 heterocycles. The van der Waals surface area contributed by atoms with Crippen LogP contribution in [0, 0.1) is 0 Å². The first-order valence-corrected chi connectivity index (χ1v) is 5.84. The predicted octanol–water partition coefficient (Wildman–Crippen LogP) is 0.809. The van der Waals surface area contributed by atoms with Crippen molar-refractivity contribution in [2.75, 3.05) is 6.54 Å². The SMILES string of the molecule is CC1C(=O)NC(=O)CN1C(=O)c1cc(Cl)c(Cl)[nH]1. The maximum absolute atomic E-state index is 12.1. The normalized spacial score (nSPS) is 19.9. The van der Waals surface area contributed by atoms with Crippen LogP contribution < -0.4 is 5.32 Å². The molecule has 2 rings (SSSR count). The van der Waals surface area contributed by atoms with Crippen LogP contribution >= 0.6 is 23.2 Å². The van der Waals surface area contributed by atoms with Crippen LogP contribution in [0.2, 0.25) is 10.2 Å². The molecule has 0 saturated carbocycles. The number of carbonyl (C=O) groups is 3. The van der Waals surface area contributed by atoms with Crippen LogP contribution in [0.4, 0.5) is 0 Å². The zero-order chi connectivity index (χ0) is 13.4. The van der Waals surface area contributed by atoms with Crippen LogP contribution in [0.1, 0.15) is 17.4 Å². The van der Waals surface area contributed by atoms with Crippen molar-refractivity contribution in [2.24, 2.45) is 0 Å². The quantitative estimate of drug-likeness (QED) is 0.751. The van der Waals surface area contributed by atoms with E-state index in [1.807, 2.05) is 0 Å². The average Bonchev–Trinajstić information content (AvgIpc) is 2.63. The van der Waals surface area contributed by atoms with Crippen molar-refractivity contribution < 1.29 is 14.4 Å². The van der Waals surface area contributed by atoms with Gasteiger partial charge in [-0.2, -0.15) is 0 Å². The number of H-pyrrole nitrogens is 1. The molecule has 6 nitrogen and oxygen atoms in total. The molecule has 1 unspecified atom stereocenters. The smallest absolute Gasteiger partial charge is 0.271 e. The summed E-state index contributed by atoms with van der Waals surface area (Å²) in [6.45, 7) is 1.35. The van der Waals surface area contributed by atoms with Crippen molar-refractivity contribution in [1.82, 2.24) is 15.2 Å². The van der Waals surface area contributed by atoms with Crippen molar-refractivity contribution in [3.63, 3.8) is 0 Å². The zero-order valence-corrected chi connectivity index (χ0v) is 10.8. The second-order valence-corrected chi connectivity index (χ2v) is 4.65. The van der Waals surface area contributed by atoms with Gasteiger partial charge in [0.25, 0.3) is 5.91 Å². The van der Waals surface area contributed by atoms with Gasteiger partial charge in [0, 0.05) is 0 Å². The summed E-state index contributed by atoms with van der Waals surface area (Å²) in [4.78, 5) is 38.5. The number of piperazine rings is 1. The third-order valence-electron chi connectivity index (χ3n) is 2.64. The van der Waals surface area contributed by atoms with Gasteiger partial charge in [0.2, 0.25) is 11.8 Å². The maximum Gasteiger partial charge on any atom is 0.271 e. The molecule has 0 aliphatic carbocycles. The Bertz CT molecular complexity index is 521. The summed E-state index contributed by atoms with van der Waals surface area (Å²) in [6.07, 6.45) is 0. The van der Waals surface area contributed by atoms with Crippen molar-refractivity contribution in [2.45, 2.75) is 13.0 Å². The molecule has 1 aromatic heterocycles. The highest BCUT2D eigenvalue weighted by Crippen LogP contribution is 2.23. The molecule has 0 aromatic carbocycles. The van der Waals surface area contributed by atoms with Crippen molar-refractivity contribution in [3.05, 3.63) is 21.9 Å². The largest absolute Gasteiger partial charge is 0.340 e. The van der Waals surface area contributed by atoms with E-state index in [-0.39, 0.29) is 22.4 Å². The molecule has 8 heteroatoms. The number of halogens is 2. The van der Waals surface area contributed by atoms with E-state index in [1.165, 1.54) is 13.0 Å². The molecule has 1 atom stereocenters. The van der Waals surface area contributed by atoms with Crippen LogP contribution in [0.25, 0.3) is 0 Å². The standard InChI is InChI=1S/C10H9Cl2N3O3/c1-4-9(17)14-7(16)3-15(4)10(18)6-2-5(11)8(12)13-6/h2,4,13H,3H2,1H3,(H,14,16,17). The van der Waals surface area contributed by atoms with Crippen LogP contribution in [-0.4, -0.2) is 40.2 Å². The first-order valence-electron chi connectivity index (χ1n) is 5.09. The van der Waals surface area contributed by atoms with Gasteiger partial charge in [0.1, 0.15) is 23.4 Å². The van der Waals surface area contributed by atoms with Gasteiger partial charge in [-0.3, -0.25) is 19.7 Å². The molecular formula is C10H9Cl2N3O3. The van der Waals surface area contributed by atoms with E-state index in [1.54, 1.807) is 0 Å². The Kier molecular flexibility index (Phi) is 3.32. The minimum absolute atomic E-state index is 0.138. The van der Waals surface area contributed by atoms with Gasteiger partial charge in [-0.1, -0.05) is 23.2 Å². The summed E-state index contributed by atoms with van der Waals surface area (Å²) in [5, 5.41) is 2.50. The third kappa shape index (κ3) is 2.21. The summed E-state index contributed by atoms with van der Waals surface area (Å²) in [5.41, 5.74) is 0.138. The lowest BCUT2D eigenvalue weighted by Gasteiger charge is -2.31. The number of nitrogens with one attached hydrogen (secondary N) is 2. The summed E-state index contributed by atoms with van der Waals surface area (Å²) in [7, 11) is 0. The molecule has 3 amide bonds. The van der Waals surface area contributed by atoms with Gasteiger partial charge in [0.05, 0.1) is 5.02 Å². The number of hydrogen-bond acceptors (Lipinski definition) is 3. The molecule has 96 valence electrons. The van der Waals surface area contributed by atoms with Gasteiger partial charge < -0.3 is 9.88 Å². The Morgan fingerprint density at radius 3 is 2.67 bits per heavy atom. The molecule has 1 fully saturated rings. The lowest BCUT2D eigenvalue weighted by molar-refractivity contribution is -0.138. The average molecular weight is 290 g/mol. The second kappa shape index (κ2) is 4.62. The summed E-state index contributed by atoms with van der Waals surface area (Å²) >= 11 is 11.4. The van der Waals surface area contributed by atoms with E-state index in [4.69, 9.17) is 23.2 Å². The van der Waals surface area contributed by atoms with Gasteiger partial charge in [-0.15, -0.1) is 0 Å². The second-order valence-electron chi connectivity index (χ2n) is 3.87. The molecule has 1 aliphatic rings. The fourth-order valence-electron chi connectivity index (χ4n) is 1.64. The third-order valence-corrected chi connectivity index (χ3v) is 3.33. The number of nitrogens with zero attached hydrogens (tertiary/aromatic N) is 1. The Hall–Kier alpha value is -1.53. The van der Waals surface area contributed by atoms with Crippen LogP contribution in [-0.2, 0) is 9.59 Å². The van der Waals surface area contributed by atoms with Crippen LogP contribution in [0.3, 0.4) is 0 Å². The predicted molar refractivity (Wildman–Crippen MR) is 64.5 cm³/mol. The Morgan fingerprint density at radius 2 is 2.11 bits per heavy atom. The van der Waals surface area contributed by atoms with Crippen molar-refractivity contribution >= 4 is 40.9 Å². The minimum Gasteiger partial charge on any atom is -0.340 e. The molecular weight excluding hydrogens is 281 g/mol. The number of aromatic nitrogens is 1. The molecule has 1 aliphatic heterocycles. The Labute approximate surface area is 112 Å². The topological polar surface area (TPSA) is 82.3 Å². The zero-order valence-electron chi connectivity index (χ0n) is 9.29. The van der Waals surface area contributed by atoms with E-state index in [0.717, 1.165) is 4.90 Å². The van der Waals surface area contributed by atoms with E-state index in [9.17, 15) is 14.4 Å². The van der Waals surface area contributed by atoms with Gasteiger partial charge in [-0.25, -0.2) is 0 Å². The fourth-order valence-corrected chi connectivity index (χ4v) is 1.95. The fraction of sp³-hybridized carbons (Fsp3) is 0.300. The highest BCUT2D eigenvalue weighted by Gasteiger charge is 2.34. The van der Waals surface area contributed by atoms with Crippen LogP contribution in [0.5, 0.6) is 0 Å². The minimum atomic E-state index is -0.726. The van der Waals surface area contributed by atoms with Gasteiger partial charge in [-0.05, 0) is 13.0 Å². The first kappa shape index (κ1) is 12.9. The first-order chi connectivity index (χ1) is 8.40. The summed E-state index contributed by atoms with van der Waals surface area (Å²) in [5.74, 6) is -1.53. The number of aromatic amines is 1. The number of amides is 3. The molecule has 1 aromatic rings. The van der Waals surface area contributed by atoms with Crippen molar-refractivity contribution in [3.8, 4) is 0 Å². The van der Waals surface area contributed by atoms with Gasteiger partial charge in [0.15, 0.2) is 0 Å². The lowest BCUT2D eigenvalue weighted by Crippen LogP contribution is -2.58. The maximum atomic E-state index is 12.1. The van der Waals surface area contributed by atoms with E-state index in [0.29, 0.717) is 0 Å². The molecule has 0 bridgehead atoms. The number of hydrogen-bond donors (Lipinski definition) is 2. The Balaban J connectivity index is 2.27. The summed E-state index contributed by atoms with van der Waals surface area (Å²) in [6, 6.07) is 0.631. The number of carbonyl (C=O) groups excluding carboxylic acids is 3. The highest BCUT2D eigenvalue weighted by atomic mass is 35.5. The number of rotatable bonds is 1. The summed E-state index contributed by atoms with van der Waals surface area (Å²) < 4.78 is 0. The molecule has 1 saturated heterocycles. The molecule has 18 heavy (non-hydrogen) atoms. The van der Waals surface area contributed by atoms with E-state index >= 15 is 0 Å².